The van der Waals surface area contributed by atoms with Crippen LogP contribution >= 0.6 is 0 Å². The summed E-state index contributed by atoms with van der Waals surface area (Å²) in [6, 6.07) is 12.4. The molecule has 15 heavy (non-hydrogen) atoms. The molecular formula is C13H14NO+. The molecule has 2 aromatic rings. The largest absolute Gasteiger partial charge is 0.341 e. The zero-order valence-electron chi connectivity index (χ0n) is 8.94. The van der Waals surface area contributed by atoms with E-state index in [1.807, 2.05) is 26.2 Å². The third-order valence-electron chi connectivity index (χ3n) is 3.43. The molecule has 0 saturated carbocycles. The molecule has 0 spiro atoms. The molecule has 1 unspecified atom stereocenters. The number of benzene rings is 2. The van der Waals surface area contributed by atoms with Gasteiger partial charge < -0.3 is 5.11 Å². The molecule has 0 bridgehead atoms. The fourth-order valence-electron chi connectivity index (χ4n) is 2.52. The first kappa shape index (κ1) is 8.89. The molecule has 0 radical (unpaired) electrons. The van der Waals surface area contributed by atoms with Crippen molar-refractivity contribution in [2.75, 3.05) is 14.1 Å². The first-order valence-electron chi connectivity index (χ1n) is 5.16. The second-order valence-electron chi connectivity index (χ2n) is 4.64. The van der Waals surface area contributed by atoms with Crippen molar-refractivity contribution in [3.8, 4) is 0 Å². The van der Waals surface area contributed by atoms with Gasteiger partial charge >= 0.3 is 0 Å². The van der Waals surface area contributed by atoms with Gasteiger partial charge in [-0.05, 0) is 17.5 Å². The Balaban J connectivity index is 2.51. The summed E-state index contributed by atoms with van der Waals surface area (Å²) < 4.78 is 0.524. The van der Waals surface area contributed by atoms with E-state index in [-0.39, 0.29) is 0 Å². The van der Waals surface area contributed by atoms with Crippen molar-refractivity contribution in [3.05, 3.63) is 42.0 Å². The van der Waals surface area contributed by atoms with Crippen LogP contribution in [0.3, 0.4) is 0 Å². The normalized spacial score (nSPS) is 22.2. The van der Waals surface area contributed by atoms with E-state index in [4.69, 9.17) is 0 Å². The molecule has 2 nitrogen and oxygen atoms in total. The van der Waals surface area contributed by atoms with Crippen LogP contribution in [0.1, 0.15) is 11.8 Å². The zero-order valence-corrected chi connectivity index (χ0v) is 8.94. The van der Waals surface area contributed by atoms with Gasteiger partial charge in [0.15, 0.2) is 0 Å². The summed E-state index contributed by atoms with van der Waals surface area (Å²) in [5.41, 5.74) is 2.25. The van der Waals surface area contributed by atoms with Crippen molar-refractivity contribution in [2.24, 2.45) is 0 Å². The maximum Gasteiger partial charge on any atom is 0.222 e. The predicted molar refractivity (Wildman–Crippen MR) is 62.5 cm³/mol. The van der Waals surface area contributed by atoms with E-state index < -0.39 is 6.23 Å². The molecule has 0 aromatic heterocycles. The van der Waals surface area contributed by atoms with E-state index in [9.17, 15) is 5.11 Å². The monoisotopic (exact) mass is 200 g/mol. The van der Waals surface area contributed by atoms with Gasteiger partial charge in [-0.25, -0.2) is 0 Å². The van der Waals surface area contributed by atoms with Crippen molar-refractivity contribution in [3.63, 3.8) is 0 Å². The molecule has 2 aromatic carbocycles. The van der Waals surface area contributed by atoms with Crippen LogP contribution in [-0.2, 0) is 0 Å². The van der Waals surface area contributed by atoms with Gasteiger partial charge in [0, 0.05) is 0 Å². The van der Waals surface area contributed by atoms with Crippen LogP contribution in [0.4, 0.5) is 5.69 Å². The van der Waals surface area contributed by atoms with Gasteiger partial charge in [-0.2, -0.15) is 0 Å². The van der Waals surface area contributed by atoms with Gasteiger partial charge in [-0.15, -0.1) is 0 Å². The van der Waals surface area contributed by atoms with Crippen LogP contribution < -0.4 is 4.48 Å². The van der Waals surface area contributed by atoms with Crippen LogP contribution in [0.25, 0.3) is 10.8 Å². The Bertz CT molecular complexity index is 540. The lowest BCUT2D eigenvalue weighted by Crippen LogP contribution is -2.40. The van der Waals surface area contributed by atoms with Crippen LogP contribution in [0.5, 0.6) is 0 Å². The third-order valence-corrected chi connectivity index (χ3v) is 3.43. The molecule has 0 saturated heterocycles. The maximum absolute atomic E-state index is 10.3. The lowest BCUT2D eigenvalue weighted by molar-refractivity contribution is 0.0522. The first-order chi connectivity index (χ1) is 7.12. The van der Waals surface area contributed by atoms with Crippen LogP contribution in [-0.4, -0.2) is 19.2 Å². The Morgan fingerprint density at radius 3 is 2.47 bits per heavy atom. The summed E-state index contributed by atoms with van der Waals surface area (Å²) in [6.45, 7) is 0. The van der Waals surface area contributed by atoms with Crippen molar-refractivity contribution in [2.45, 2.75) is 6.23 Å². The minimum absolute atomic E-state index is 0.439. The van der Waals surface area contributed by atoms with Crippen molar-refractivity contribution in [1.82, 2.24) is 4.48 Å². The van der Waals surface area contributed by atoms with Crippen LogP contribution in [0.2, 0.25) is 0 Å². The number of hydrogen-bond donors (Lipinski definition) is 1. The van der Waals surface area contributed by atoms with Gasteiger partial charge in [-0.1, -0.05) is 24.3 Å². The molecule has 3 rings (SSSR count). The average Bonchev–Trinajstić information content (AvgIpc) is 2.43. The van der Waals surface area contributed by atoms with Gasteiger partial charge in [0.2, 0.25) is 6.23 Å². The molecule has 0 fully saturated rings. The van der Waals surface area contributed by atoms with E-state index in [0.717, 1.165) is 5.56 Å². The highest BCUT2D eigenvalue weighted by molar-refractivity contribution is 5.98. The summed E-state index contributed by atoms with van der Waals surface area (Å²) >= 11 is 0. The number of quaternary nitrogens is 1. The van der Waals surface area contributed by atoms with E-state index in [1.165, 1.54) is 16.5 Å². The zero-order chi connectivity index (χ0) is 10.6. The van der Waals surface area contributed by atoms with Crippen molar-refractivity contribution >= 4 is 16.5 Å². The molecular weight excluding hydrogens is 186 g/mol. The van der Waals surface area contributed by atoms with E-state index in [1.54, 1.807) is 0 Å². The summed E-state index contributed by atoms with van der Waals surface area (Å²) in [7, 11) is 4.08. The predicted octanol–water partition coefficient (Wildman–Crippen LogP) is 2.41. The molecule has 0 aliphatic carbocycles. The topological polar surface area (TPSA) is 20.2 Å². The van der Waals surface area contributed by atoms with E-state index >= 15 is 0 Å². The lowest BCUT2D eigenvalue weighted by Gasteiger charge is -2.28. The fourth-order valence-corrected chi connectivity index (χ4v) is 2.52. The highest BCUT2D eigenvalue weighted by Gasteiger charge is 2.40. The van der Waals surface area contributed by atoms with Gasteiger partial charge in [0.1, 0.15) is 5.69 Å². The minimum atomic E-state index is -0.439. The Morgan fingerprint density at radius 1 is 1.07 bits per heavy atom. The summed E-state index contributed by atoms with van der Waals surface area (Å²) in [5, 5.41) is 12.7. The summed E-state index contributed by atoms with van der Waals surface area (Å²) in [5.74, 6) is 0. The lowest BCUT2D eigenvalue weighted by atomic mass is 10.1. The maximum atomic E-state index is 10.3. The van der Waals surface area contributed by atoms with Crippen molar-refractivity contribution in [1.29, 1.82) is 0 Å². The minimum Gasteiger partial charge on any atom is -0.341 e. The second kappa shape index (κ2) is 2.60. The molecule has 2 heteroatoms. The summed E-state index contributed by atoms with van der Waals surface area (Å²) in [4.78, 5) is 0. The second-order valence-corrected chi connectivity index (χ2v) is 4.64. The fraction of sp³-hybridized carbons (Fsp3) is 0.231. The van der Waals surface area contributed by atoms with Gasteiger partial charge in [-0.3, -0.25) is 4.48 Å². The quantitative estimate of drug-likeness (QED) is 0.647. The SMILES string of the molecule is C[N+]1(C)c2cccc3cccc(c23)C1O. The number of aliphatic hydroxyl groups excluding tert-OH is 1. The standard InChI is InChI=1S/C13H14NO/c1-14(2)11-8-4-6-9-5-3-7-10(12(9)11)13(14)15/h3-8,13,15H,1-2H3/q+1. The Labute approximate surface area is 89.0 Å². The summed E-state index contributed by atoms with van der Waals surface area (Å²) in [6.07, 6.45) is -0.439. The number of hydrogen-bond acceptors (Lipinski definition) is 1. The number of nitrogens with zero attached hydrogens (tertiary/aromatic N) is 1. The molecule has 1 aliphatic heterocycles. The Kier molecular flexibility index (Phi) is 1.54. The smallest absolute Gasteiger partial charge is 0.222 e. The van der Waals surface area contributed by atoms with Gasteiger partial charge in [0.05, 0.1) is 25.0 Å². The van der Waals surface area contributed by atoms with Crippen molar-refractivity contribution < 1.29 is 5.11 Å². The third kappa shape index (κ3) is 0.954. The van der Waals surface area contributed by atoms with Crippen LogP contribution in [0, 0.1) is 0 Å². The molecule has 1 heterocycles. The highest BCUT2D eigenvalue weighted by Crippen LogP contribution is 2.45. The Hall–Kier alpha value is -1.38. The Morgan fingerprint density at radius 2 is 1.73 bits per heavy atom. The average molecular weight is 200 g/mol. The van der Waals surface area contributed by atoms with E-state index in [2.05, 4.69) is 24.3 Å². The molecule has 0 amide bonds. The molecule has 1 atom stereocenters. The molecule has 1 N–H and O–H groups in total. The first-order valence-corrected chi connectivity index (χ1v) is 5.16. The molecule has 1 aliphatic rings. The van der Waals surface area contributed by atoms with E-state index in [0.29, 0.717) is 4.48 Å². The number of aliphatic hydroxyl groups is 1. The molecule has 76 valence electrons. The highest BCUT2D eigenvalue weighted by atomic mass is 16.3. The van der Waals surface area contributed by atoms with Crippen LogP contribution in [0.15, 0.2) is 36.4 Å². The van der Waals surface area contributed by atoms with Gasteiger partial charge in [0.25, 0.3) is 0 Å². The number of rotatable bonds is 0.